The van der Waals surface area contributed by atoms with Crippen molar-refractivity contribution in [2.45, 2.75) is 39.5 Å². The lowest BCUT2D eigenvalue weighted by Crippen LogP contribution is -2.14. The third-order valence-electron chi connectivity index (χ3n) is 5.24. The molecule has 0 amide bonds. The summed E-state index contributed by atoms with van der Waals surface area (Å²) in [6.45, 7) is 4.35. The lowest BCUT2D eigenvalue weighted by molar-refractivity contribution is 0.509. The predicted octanol–water partition coefficient (Wildman–Crippen LogP) is 4.74. The molecule has 2 heterocycles. The number of thiophene rings is 1. The van der Waals surface area contributed by atoms with Crippen molar-refractivity contribution < 1.29 is 0 Å². The monoisotopic (exact) mass is 375 g/mol. The molecule has 0 saturated carbocycles. The number of nitrogens with one attached hydrogen (secondary N) is 1. The molecule has 0 radical (unpaired) electrons. The molecule has 2 aromatic heterocycles. The van der Waals surface area contributed by atoms with Gasteiger partial charge in [0.15, 0.2) is 5.82 Å². The number of nitriles is 1. The lowest BCUT2D eigenvalue weighted by Gasteiger charge is -2.17. The van der Waals surface area contributed by atoms with Gasteiger partial charge in [-0.15, -0.1) is 11.3 Å². The van der Waals surface area contributed by atoms with Gasteiger partial charge in [0.1, 0.15) is 10.9 Å². The van der Waals surface area contributed by atoms with E-state index in [1.54, 1.807) is 17.4 Å². The van der Waals surface area contributed by atoms with Gasteiger partial charge in [0.25, 0.3) is 5.56 Å². The highest BCUT2D eigenvalue weighted by Crippen LogP contribution is 2.35. The van der Waals surface area contributed by atoms with Crippen LogP contribution in [0.1, 0.15) is 47.7 Å². The highest BCUT2D eigenvalue weighted by molar-refractivity contribution is 7.18. The van der Waals surface area contributed by atoms with Crippen molar-refractivity contribution in [3.63, 3.8) is 0 Å². The zero-order valence-corrected chi connectivity index (χ0v) is 16.3. The van der Waals surface area contributed by atoms with Crippen LogP contribution in [-0.4, -0.2) is 9.97 Å². The molecule has 4 nitrogen and oxygen atoms in total. The van der Waals surface area contributed by atoms with E-state index in [0.29, 0.717) is 17.3 Å². The van der Waals surface area contributed by atoms with E-state index in [1.807, 2.05) is 12.1 Å². The number of fused-ring (bicyclic) bond motifs is 3. The number of nitrogens with zero attached hydrogens (tertiary/aromatic N) is 2. The van der Waals surface area contributed by atoms with Crippen molar-refractivity contribution in [1.82, 2.24) is 9.97 Å². The zero-order chi connectivity index (χ0) is 19.0. The van der Waals surface area contributed by atoms with Crippen molar-refractivity contribution in [3.8, 4) is 6.07 Å². The molecule has 1 aliphatic carbocycles. The Morgan fingerprint density at radius 3 is 2.89 bits per heavy atom. The third-order valence-corrected chi connectivity index (χ3v) is 6.39. The molecule has 1 aromatic carbocycles. The summed E-state index contributed by atoms with van der Waals surface area (Å²) in [4.78, 5) is 22.2. The van der Waals surface area contributed by atoms with Gasteiger partial charge in [0.2, 0.25) is 0 Å². The quantitative estimate of drug-likeness (QED) is 0.673. The summed E-state index contributed by atoms with van der Waals surface area (Å²) in [5, 5.41) is 10.3. The molecule has 1 aliphatic rings. The number of rotatable bonds is 3. The lowest BCUT2D eigenvalue weighted by atomic mass is 9.89. The van der Waals surface area contributed by atoms with Crippen LogP contribution in [0.4, 0.5) is 0 Å². The Balaban J connectivity index is 1.79. The normalized spacial score (nSPS) is 16.9. The maximum absolute atomic E-state index is 12.7. The Hall–Kier alpha value is -2.71. The molecule has 136 valence electrons. The van der Waals surface area contributed by atoms with Gasteiger partial charge in [0.05, 0.1) is 11.0 Å². The number of hydrogen-bond acceptors (Lipinski definition) is 4. The maximum Gasteiger partial charge on any atom is 0.260 e. The van der Waals surface area contributed by atoms with Crippen LogP contribution < -0.4 is 5.56 Å². The smallest absolute Gasteiger partial charge is 0.260 e. The highest BCUT2D eigenvalue weighted by atomic mass is 32.1. The molecule has 0 saturated heterocycles. The van der Waals surface area contributed by atoms with Crippen molar-refractivity contribution in [2.24, 2.45) is 5.92 Å². The average molecular weight is 375 g/mol. The summed E-state index contributed by atoms with van der Waals surface area (Å²) in [6, 6.07) is 10.3. The minimum atomic E-state index is -0.135. The Morgan fingerprint density at radius 2 is 2.19 bits per heavy atom. The number of hydrogen-bond donors (Lipinski definition) is 1. The first-order chi connectivity index (χ1) is 13.1. The van der Waals surface area contributed by atoms with E-state index in [2.05, 4.69) is 42.0 Å². The first-order valence-corrected chi connectivity index (χ1v) is 10.2. The van der Waals surface area contributed by atoms with Crippen molar-refractivity contribution in [2.75, 3.05) is 0 Å². The summed E-state index contributed by atoms with van der Waals surface area (Å²) < 4.78 is 0. The van der Waals surface area contributed by atoms with Gasteiger partial charge in [-0.25, -0.2) is 4.98 Å². The molecular weight excluding hydrogens is 354 g/mol. The van der Waals surface area contributed by atoms with Crippen LogP contribution in [0.15, 0.2) is 29.1 Å². The second-order valence-electron chi connectivity index (χ2n) is 7.21. The molecule has 3 aromatic rings. The third kappa shape index (κ3) is 3.33. The predicted molar refractivity (Wildman–Crippen MR) is 111 cm³/mol. The van der Waals surface area contributed by atoms with E-state index in [9.17, 15) is 10.1 Å². The van der Waals surface area contributed by atoms with Crippen molar-refractivity contribution in [3.05, 3.63) is 62.0 Å². The second kappa shape index (κ2) is 7.13. The molecule has 1 unspecified atom stereocenters. The Kier molecular flexibility index (Phi) is 4.67. The number of aromatic nitrogens is 2. The van der Waals surface area contributed by atoms with E-state index < -0.39 is 0 Å². The zero-order valence-electron chi connectivity index (χ0n) is 15.5. The molecule has 0 aliphatic heterocycles. The summed E-state index contributed by atoms with van der Waals surface area (Å²) in [5.41, 5.74) is 3.57. The maximum atomic E-state index is 12.7. The number of H-pyrrole nitrogens is 1. The van der Waals surface area contributed by atoms with Gasteiger partial charge >= 0.3 is 0 Å². The summed E-state index contributed by atoms with van der Waals surface area (Å²) in [7, 11) is 0. The van der Waals surface area contributed by atoms with Gasteiger partial charge in [0, 0.05) is 4.88 Å². The Labute approximate surface area is 162 Å². The minimum absolute atomic E-state index is 0.135. The summed E-state index contributed by atoms with van der Waals surface area (Å²) in [6.07, 6.45) is 5.81. The van der Waals surface area contributed by atoms with Crippen LogP contribution in [0, 0.1) is 17.2 Å². The molecule has 1 atom stereocenters. The van der Waals surface area contributed by atoms with Crippen LogP contribution in [0.3, 0.4) is 0 Å². The van der Waals surface area contributed by atoms with E-state index in [-0.39, 0.29) is 5.56 Å². The van der Waals surface area contributed by atoms with Crippen LogP contribution in [-0.2, 0) is 19.3 Å². The van der Waals surface area contributed by atoms with Gasteiger partial charge in [-0.2, -0.15) is 5.26 Å². The molecule has 0 fully saturated rings. The van der Waals surface area contributed by atoms with Crippen LogP contribution in [0.2, 0.25) is 0 Å². The van der Waals surface area contributed by atoms with Gasteiger partial charge in [-0.05, 0) is 54.4 Å². The molecule has 4 rings (SSSR count). The molecule has 0 bridgehead atoms. The highest BCUT2D eigenvalue weighted by Gasteiger charge is 2.23. The fourth-order valence-electron chi connectivity index (χ4n) is 3.65. The molecule has 1 N–H and O–H groups in total. The largest absolute Gasteiger partial charge is 0.305 e. The number of aromatic amines is 1. The first-order valence-electron chi connectivity index (χ1n) is 9.34. The van der Waals surface area contributed by atoms with E-state index in [0.717, 1.165) is 47.0 Å². The van der Waals surface area contributed by atoms with Crippen LogP contribution in [0.25, 0.3) is 21.9 Å². The first kappa shape index (κ1) is 17.7. The standard InChI is InChI=1S/C22H21N3OS/c1-3-14-5-7-15(8-6-14)11-16(12-23)20-24-21(26)19-17-9-4-13(2)10-18(17)27-22(19)25-20/h5-8,11,13H,3-4,9-10H2,1-2H3,(H,24,25,26)/b16-11+. The van der Waals surface area contributed by atoms with Crippen LogP contribution >= 0.6 is 11.3 Å². The number of benzene rings is 1. The van der Waals surface area contributed by atoms with E-state index in [4.69, 9.17) is 0 Å². The number of allylic oxidation sites excluding steroid dienone is 1. The molecule has 0 spiro atoms. The van der Waals surface area contributed by atoms with Crippen molar-refractivity contribution >= 4 is 33.2 Å². The SMILES string of the molecule is CCc1ccc(/C=C(\C#N)c2nc3sc4c(c3c(=O)[nH]2)CCC(C)C4)cc1. The fourth-order valence-corrected chi connectivity index (χ4v) is 5.03. The summed E-state index contributed by atoms with van der Waals surface area (Å²) in [5.74, 6) is 0.992. The molecular formula is C22H21N3OS. The Morgan fingerprint density at radius 1 is 1.41 bits per heavy atom. The topological polar surface area (TPSA) is 69.5 Å². The van der Waals surface area contributed by atoms with E-state index >= 15 is 0 Å². The fraction of sp³-hybridized carbons (Fsp3) is 0.318. The van der Waals surface area contributed by atoms with Gasteiger partial charge < -0.3 is 4.98 Å². The second-order valence-corrected chi connectivity index (χ2v) is 8.30. The average Bonchev–Trinajstić information content (AvgIpc) is 3.04. The molecule has 27 heavy (non-hydrogen) atoms. The van der Waals surface area contributed by atoms with Crippen LogP contribution in [0.5, 0.6) is 0 Å². The van der Waals surface area contributed by atoms with Crippen molar-refractivity contribution in [1.29, 1.82) is 5.26 Å². The number of aryl methyl sites for hydroxylation is 2. The van der Waals surface area contributed by atoms with E-state index in [1.165, 1.54) is 10.4 Å². The minimum Gasteiger partial charge on any atom is -0.305 e. The van der Waals surface area contributed by atoms with Gasteiger partial charge in [-0.1, -0.05) is 38.1 Å². The van der Waals surface area contributed by atoms with Gasteiger partial charge in [-0.3, -0.25) is 4.79 Å². The summed E-state index contributed by atoms with van der Waals surface area (Å²) >= 11 is 1.60. The molecule has 5 heteroatoms. The Bertz CT molecular complexity index is 1130.